The van der Waals surface area contributed by atoms with Crippen LogP contribution in [-0.4, -0.2) is 67.6 Å². The number of hydrogen-bond acceptors (Lipinski definition) is 4. The maximum atomic E-state index is 12.2. The molecule has 24 heavy (non-hydrogen) atoms. The summed E-state index contributed by atoms with van der Waals surface area (Å²) in [6.45, 7) is 10.1. The lowest BCUT2D eigenvalue weighted by Crippen LogP contribution is -2.44. The van der Waals surface area contributed by atoms with Crippen LogP contribution in [-0.2, 0) is 14.3 Å². The van der Waals surface area contributed by atoms with Crippen LogP contribution in [0.4, 0.5) is 5.69 Å². The number of nitrogens with zero attached hydrogens (tertiary/aromatic N) is 2. The molecule has 2 amide bonds. The van der Waals surface area contributed by atoms with Crippen molar-refractivity contribution in [2.24, 2.45) is 0 Å². The maximum Gasteiger partial charge on any atom is 0.243 e. The van der Waals surface area contributed by atoms with Crippen LogP contribution in [0.25, 0.3) is 0 Å². The Labute approximate surface area is 143 Å². The van der Waals surface area contributed by atoms with Gasteiger partial charge in [0.2, 0.25) is 11.8 Å². The fraction of sp³-hybridized carbons (Fsp3) is 0.556. The lowest BCUT2D eigenvalue weighted by molar-refractivity contribution is -0.133. The van der Waals surface area contributed by atoms with Crippen LogP contribution < -0.4 is 5.32 Å². The van der Waals surface area contributed by atoms with Crippen molar-refractivity contribution in [3.63, 3.8) is 0 Å². The van der Waals surface area contributed by atoms with Crippen molar-refractivity contribution in [2.45, 2.75) is 20.8 Å². The summed E-state index contributed by atoms with van der Waals surface area (Å²) in [5.74, 6) is -0.256. The van der Waals surface area contributed by atoms with Crippen LogP contribution in [0.1, 0.15) is 18.1 Å². The number of morpholine rings is 1. The number of aryl methyl sites for hydroxylation is 2. The molecule has 0 bridgehead atoms. The summed E-state index contributed by atoms with van der Waals surface area (Å²) in [6.07, 6.45) is 0. The highest BCUT2D eigenvalue weighted by Gasteiger charge is 2.17. The predicted octanol–water partition coefficient (Wildman–Crippen LogP) is 1.42. The number of benzene rings is 1. The van der Waals surface area contributed by atoms with Gasteiger partial charge in [0.1, 0.15) is 0 Å². The number of carbonyl (C=O) groups excluding carboxylic acids is 2. The largest absolute Gasteiger partial charge is 0.379 e. The second-order valence-electron chi connectivity index (χ2n) is 6.24. The van der Waals surface area contributed by atoms with Crippen LogP contribution >= 0.6 is 0 Å². The monoisotopic (exact) mass is 333 g/mol. The van der Waals surface area contributed by atoms with Crippen molar-refractivity contribution < 1.29 is 14.3 Å². The van der Waals surface area contributed by atoms with E-state index in [9.17, 15) is 9.59 Å². The van der Waals surface area contributed by atoms with E-state index in [2.05, 4.69) is 10.2 Å². The van der Waals surface area contributed by atoms with E-state index in [4.69, 9.17) is 4.74 Å². The molecule has 1 aliphatic heterocycles. The first-order valence-corrected chi connectivity index (χ1v) is 8.38. The molecule has 0 radical (unpaired) electrons. The molecule has 6 heteroatoms. The summed E-state index contributed by atoms with van der Waals surface area (Å²) in [7, 11) is 0. The molecule has 1 heterocycles. The minimum absolute atomic E-state index is 0.0760. The molecule has 1 aromatic carbocycles. The van der Waals surface area contributed by atoms with Gasteiger partial charge in [0.25, 0.3) is 0 Å². The van der Waals surface area contributed by atoms with E-state index in [1.54, 1.807) is 4.90 Å². The first-order chi connectivity index (χ1) is 11.5. The SMILES string of the molecule is CC(=O)N(CCN1CCOCC1)CC(=O)Nc1ccc(C)c(C)c1. The van der Waals surface area contributed by atoms with Crippen molar-refractivity contribution in [1.29, 1.82) is 0 Å². The molecule has 0 aromatic heterocycles. The Kier molecular flexibility index (Phi) is 6.75. The molecule has 1 aliphatic rings. The number of rotatable bonds is 6. The fourth-order valence-corrected chi connectivity index (χ4v) is 2.63. The van der Waals surface area contributed by atoms with E-state index in [0.717, 1.165) is 44.1 Å². The van der Waals surface area contributed by atoms with Gasteiger partial charge in [-0.15, -0.1) is 0 Å². The molecule has 6 nitrogen and oxygen atoms in total. The van der Waals surface area contributed by atoms with E-state index < -0.39 is 0 Å². The molecule has 2 rings (SSSR count). The molecule has 132 valence electrons. The minimum atomic E-state index is -0.171. The molecule has 1 saturated heterocycles. The Hall–Kier alpha value is -1.92. The summed E-state index contributed by atoms with van der Waals surface area (Å²) < 4.78 is 5.32. The van der Waals surface area contributed by atoms with Gasteiger partial charge in [0.05, 0.1) is 19.8 Å². The summed E-state index contributed by atoms with van der Waals surface area (Å²) in [4.78, 5) is 27.9. The van der Waals surface area contributed by atoms with Gasteiger partial charge in [-0.2, -0.15) is 0 Å². The zero-order valence-electron chi connectivity index (χ0n) is 14.8. The molecule has 0 saturated carbocycles. The van der Waals surface area contributed by atoms with Crippen LogP contribution in [0.15, 0.2) is 18.2 Å². The Morgan fingerprint density at radius 2 is 1.92 bits per heavy atom. The Morgan fingerprint density at radius 3 is 2.54 bits per heavy atom. The van der Waals surface area contributed by atoms with Crippen molar-refractivity contribution in [3.8, 4) is 0 Å². The number of nitrogens with one attached hydrogen (secondary N) is 1. The zero-order valence-corrected chi connectivity index (χ0v) is 14.8. The second kappa shape index (κ2) is 8.80. The van der Waals surface area contributed by atoms with E-state index in [0.29, 0.717) is 6.54 Å². The highest BCUT2D eigenvalue weighted by molar-refractivity contribution is 5.94. The Morgan fingerprint density at radius 1 is 1.21 bits per heavy atom. The van der Waals surface area contributed by atoms with Crippen LogP contribution in [0.5, 0.6) is 0 Å². The topological polar surface area (TPSA) is 61.9 Å². The summed E-state index contributed by atoms with van der Waals surface area (Å²) in [5, 5.41) is 2.87. The molecule has 0 aliphatic carbocycles. The van der Waals surface area contributed by atoms with Gasteiger partial charge in [0, 0.05) is 38.8 Å². The Bertz CT molecular complexity index is 583. The quantitative estimate of drug-likeness (QED) is 0.855. The lowest BCUT2D eigenvalue weighted by Gasteiger charge is -2.29. The molecular weight excluding hydrogens is 306 g/mol. The first-order valence-electron chi connectivity index (χ1n) is 8.38. The van der Waals surface area contributed by atoms with Crippen LogP contribution in [0, 0.1) is 13.8 Å². The fourth-order valence-electron chi connectivity index (χ4n) is 2.63. The van der Waals surface area contributed by atoms with E-state index >= 15 is 0 Å². The average Bonchev–Trinajstić information content (AvgIpc) is 2.55. The standard InChI is InChI=1S/C18H27N3O3/c1-14-4-5-17(12-15(14)2)19-18(23)13-21(16(3)22)7-6-20-8-10-24-11-9-20/h4-5,12H,6-11,13H2,1-3H3,(H,19,23). The van der Waals surface area contributed by atoms with Crippen molar-refractivity contribution in [2.75, 3.05) is 51.3 Å². The second-order valence-corrected chi connectivity index (χ2v) is 6.24. The molecular formula is C18H27N3O3. The highest BCUT2D eigenvalue weighted by Crippen LogP contribution is 2.14. The molecule has 1 fully saturated rings. The van der Waals surface area contributed by atoms with Gasteiger partial charge in [0.15, 0.2) is 0 Å². The minimum Gasteiger partial charge on any atom is -0.379 e. The van der Waals surface area contributed by atoms with Crippen LogP contribution in [0.2, 0.25) is 0 Å². The molecule has 0 spiro atoms. The summed E-state index contributed by atoms with van der Waals surface area (Å²) >= 11 is 0. The Balaban J connectivity index is 1.85. The average molecular weight is 333 g/mol. The van der Waals surface area contributed by atoms with Gasteiger partial charge < -0.3 is 15.0 Å². The lowest BCUT2D eigenvalue weighted by atomic mass is 10.1. The van der Waals surface area contributed by atoms with Gasteiger partial charge >= 0.3 is 0 Å². The predicted molar refractivity (Wildman–Crippen MR) is 94.1 cm³/mol. The number of amides is 2. The first kappa shape index (κ1) is 18.4. The third-order valence-electron chi connectivity index (χ3n) is 4.36. The number of hydrogen-bond donors (Lipinski definition) is 1. The van der Waals surface area contributed by atoms with Gasteiger partial charge in [-0.1, -0.05) is 6.07 Å². The number of carbonyl (C=O) groups is 2. The maximum absolute atomic E-state index is 12.2. The van der Waals surface area contributed by atoms with E-state index in [-0.39, 0.29) is 18.4 Å². The zero-order chi connectivity index (χ0) is 17.5. The smallest absolute Gasteiger partial charge is 0.243 e. The third-order valence-corrected chi connectivity index (χ3v) is 4.36. The molecule has 1 aromatic rings. The molecule has 0 atom stereocenters. The van der Waals surface area contributed by atoms with Crippen LogP contribution in [0.3, 0.4) is 0 Å². The number of ether oxygens (including phenoxy) is 1. The molecule has 1 N–H and O–H groups in total. The number of anilines is 1. The van der Waals surface area contributed by atoms with E-state index in [1.165, 1.54) is 12.5 Å². The summed E-state index contributed by atoms with van der Waals surface area (Å²) in [6, 6.07) is 5.80. The van der Waals surface area contributed by atoms with Gasteiger partial charge in [-0.3, -0.25) is 14.5 Å². The van der Waals surface area contributed by atoms with Crippen molar-refractivity contribution >= 4 is 17.5 Å². The highest BCUT2D eigenvalue weighted by atomic mass is 16.5. The van der Waals surface area contributed by atoms with Crippen molar-refractivity contribution in [1.82, 2.24) is 9.80 Å². The van der Waals surface area contributed by atoms with Gasteiger partial charge in [-0.25, -0.2) is 0 Å². The van der Waals surface area contributed by atoms with Crippen molar-refractivity contribution in [3.05, 3.63) is 29.3 Å². The molecule has 0 unspecified atom stereocenters. The normalized spacial score (nSPS) is 15.1. The summed E-state index contributed by atoms with van der Waals surface area (Å²) in [5.41, 5.74) is 3.08. The van der Waals surface area contributed by atoms with E-state index in [1.807, 2.05) is 32.0 Å². The van der Waals surface area contributed by atoms with Gasteiger partial charge in [-0.05, 0) is 37.1 Å². The third kappa shape index (κ3) is 5.62.